The first-order chi connectivity index (χ1) is 12.2. The van der Waals surface area contributed by atoms with Crippen molar-refractivity contribution >= 4 is 11.6 Å². The first-order valence-corrected chi connectivity index (χ1v) is 11.0. The average molecular weight is 368 g/mol. The van der Waals surface area contributed by atoms with Gasteiger partial charge in [-0.05, 0) is 32.6 Å². The van der Waals surface area contributed by atoms with Gasteiger partial charge in [0.15, 0.2) is 0 Å². The summed E-state index contributed by atoms with van der Waals surface area (Å²) in [6.07, 6.45) is 17.3. The van der Waals surface area contributed by atoms with Gasteiger partial charge in [-0.2, -0.15) is 0 Å². The highest BCUT2D eigenvalue weighted by Crippen LogP contribution is 2.11. The van der Waals surface area contributed by atoms with Crippen molar-refractivity contribution in [3.05, 3.63) is 35.9 Å². The molecule has 25 heavy (non-hydrogen) atoms. The molecule has 0 amide bonds. The van der Waals surface area contributed by atoms with E-state index in [1.54, 1.807) is 0 Å². The molecule has 0 fully saturated rings. The van der Waals surface area contributed by atoms with Gasteiger partial charge in [0.1, 0.15) is 0 Å². The quantitative estimate of drug-likeness (QED) is 0.241. The van der Waals surface area contributed by atoms with Gasteiger partial charge in [-0.1, -0.05) is 108 Å². The van der Waals surface area contributed by atoms with E-state index in [0.717, 1.165) is 0 Å². The van der Waals surface area contributed by atoms with Crippen molar-refractivity contribution in [2.45, 2.75) is 89.9 Å². The number of nitrogens with zero attached hydrogens (tertiary/aromatic N) is 1. The van der Waals surface area contributed by atoms with E-state index in [9.17, 15) is 0 Å². The molecule has 0 saturated carbocycles. The number of hydrogen-bond donors (Lipinski definition) is 0. The summed E-state index contributed by atoms with van der Waals surface area (Å²) < 4.78 is 0. The van der Waals surface area contributed by atoms with Crippen molar-refractivity contribution in [1.82, 2.24) is 4.90 Å². The SMILES string of the molecule is CCCCCCCCCCCCCCN(C)C.ClCc1ccccc1. The zero-order valence-electron chi connectivity index (χ0n) is 17.1. The summed E-state index contributed by atoms with van der Waals surface area (Å²) in [5.41, 5.74) is 1.18. The Morgan fingerprint density at radius 3 is 1.48 bits per heavy atom. The first kappa shape index (κ1) is 24.5. The third kappa shape index (κ3) is 19.6. The Bertz CT molecular complexity index is 350. The number of hydrogen-bond acceptors (Lipinski definition) is 1. The van der Waals surface area contributed by atoms with E-state index in [2.05, 4.69) is 25.9 Å². The summed E-state index contributed by atoms with van der Waals surface area (Å²) in [7, 11) is 4.33. The lowest BCUT2D eigenvalue weighted by Gasteiger charge is -2.08. The van der Waals surface area contributed by atoms with Crippen LogP contribution in [0.5, 0.6) is 0 Å². The van der Waals surface area contributed by atoms with Gasteiger partial charge in [-0.15, -0.1) is 11.6 Å². The highest BCUT2D eigenvalue weighted by atomic mass is 35.5. The molecule has 0 saturated heterocycles. The summed E-state index contributed by atoms with van der Waals surface area (Å²) in [6, 6.07) is 9.96. The Hall–Kier alpha value is -0.530. The fraction of sp³-hybridized carbons (Fsp3) is 0.739. The first-order valence-electron chi connectivity index (χ1n) is 10.4. The Morgan fingerprint density at radius 1 is 0.680 bits per heavy atom. The monoisotopic (exact) mass is 367 g/mol. The molecule has 0 unspecified atom stereocenters. The lowest BCUT2D eigenvalue weighted by molar-refractivity contribution is 0.389. The van der Waals surface area contributed by atoms with Crippen LogP contribution < -0.4 is 0 Å². The molecular formula is C23H42ClN. The molecule has 146 valence electrons. The molecule has 0 aliphatic rings. The van der Waals surface area contributed by atoms with Gasteiger partial charge >= 0.3 is 0 Å². The maximum atomic E-state index is 5.53. The highest BCUT2D eigenvalue weighted by Gasteiger charge is 1.94. The minimum absolute atomic E-state index is 0.612. The van der Waals surface area contributed by atoms with Gasteiger partial charge in [-0.25, -0.2) is 0 Å². The fourth-order valence-corrected chi connectivity index (χ4v) is 3.01. The molecule has 1 aromatic carbocycles. The summed E-state index contributed by atoms with van der Waals surface area (Å²) in [6.45, 7) is 3.55. The standard InChI is InChI=1S/C16H35N.C7H7Cl/c1-4-5-6-7-8-9-10-11-12-13-14-15-16-17(2)3;8-6-7-4-2-1-3-5-7/h4-16H2,1-3H3;1-5H,6H2. The third-order valence-corrected chi connectivity index (χ3v) is 4.76. The molecule has 0 aromatic heterocycles. The van der Waals surface area contributed by atoms with Gasteiger partial charge in [0.05, 0.1) is 0 Å². The van der Waals surface area contributed by atoms with Gasteiger partial charge in [0, 0.05) is 5.88 Å². The average Bonchev–Trinajstić information content (AvgIpc) is 2.63. The van der Waals surface area contributed by atoms with Crippen LogP contribution in [-0.4, -0.2) is 25.5 Å². The van der Waals surface area contributed by atoms with E-state index in [4.69, 9.17) is 11.6 Å². The summed E-state index contributed by atoms with van der Waals surface area (Å²) >= 11 is 5.53. The van der Waals surface area contributed by atoms with Crippen LogP contribution in [0, 0.1) is 0 Å². The molecule has 0 heterocycles. The van der Waals surface area contributed by atoms with Gasteiger partial charge in [-0.3, -0.25) is 0 Å². The number of alkyl halides is 1. The summed E-state index contributed by atoms with van der Waals surface area (Å²) in [5, 5.41) is 0. The van der Waals surface area contributed by atoms with E-state index >= 15 is 0 Å². The molecule has 0 aliphatic carbocycles. The second-order valence-electron chi connectivity index (χ2n) is 7.31. The minimum Gasteiger partial charge on any atom is -0.309 e. The van der Waals surface area contributed by atoms with Gasteiger partial charge in [0.2, 0.25) is 0 Å². The van der Waals surface area contributed by atoms with E-state index in [1.807, 2.05) is 30.3 Å². The van der Waals surface area contributed by atoms with E-state index in [1.165, 1.54) is 89.2 Å². The molecule has 0 spiro atoms. The van der Waals surface area contributed by atoms with Crippen LogP contribution in [0.15, 0.2) is 30.3 Å². The third-order valence-electron chi connectivity index (χ3n) is 4.46. The van der Waals surface area contributed by atoms with Crippen LogP contribution in [0.2, 0.25) is 0 Å². The number of benzene rings is 1. The number of unbranched alkanes of at least 4 members (excludes halogenated alkanes) is 11. The predicted octanol–water partition coefficient (Wildman–Crippen LogP) is 7.67. The zero-order valence-corrected chi connectivity index (χ0v) is 17.9. The zero-order chi connectivity index (χ0) is 18.6. The highest BCUT2D eigenvalue weighted by molar-refractivity contribution is 6.17. The molecule has 0 aliphatic heterocycles. The lowest BCUT2D eigenvalue weighted by atomic mass is 10.1. The topological polar surface area (TPSA) is 3.24 Å². The Balaban J connectivity index is 0.000000593. The molecule has 1 rings (SSSR count). The van der Waals surface area contributed by atoms with Crippen molar-refractivity contribution in [3.8, 4) is 0 Å². The molecule has 1 aromatic rings. The Morgan fingerprint density at radius 2 is 1.12 bits per heavy atom. The molecular weight excluding hydrogens is 326 g/mol. The van der Waals surface area contributed by atoms with Crippen molar-refractivity contribution in [1.29, 1.82) is 0 Å². The Labute approximate surface area is 163 Å². The summed E-state index contributed by atoms with van der Waals surface area (Å²) in [4.78, 5) is 2.29. The second kappa shape index (κ2) is 19.8. The lowest BCUT2D eigenvalue weighted by Crippen LogP contribution is -2.12. The van der Waals surface area contributed by atoms with Crippen molar-refractivity contribution in [2.75, 3.05) is 20.6 Å². The van der Waals surface area contributed by atoms with Crippen LogP contribution in [-0.2, 0) is 5.88 Å². The fourth-order valence-electron chi connectivity index (χ4n) is 2.84. The molecule has 2 heteroatoms. The smallest absolute Gasteiger partial charge is 0.0474 e. The minimum atomic E-state index is 0.612. The summed E-state index contributed by atoms with van der Waals surface area (Å²) in [5.74, 6) is 0.612. The van der Waals surface area contributed by atoms with Crippen LogP contribution >= 0.6 is 11.6 Å². The molecule has 1 nitrogen and oxygen atoms in total. The van der Waals surface area contributed by atoms with Crippen molar-refractivity contribution in [2.24, 2.45) is 0 Å². The Kier molecular flexibility index (Phi) is 19.4. The normalized spacial score (nSPS) is 10.6. The van der Waals surface area contributed by atoms with Crippen LogP contribution in [0.4, 0.5) is 0 Å². The van der Waals surface area contributed by atoms with Crippen LogP contribution in [0.1, 0.15) is 89.5 Å². The molecule has 0 atom stereocenters. The van der Waals surface area contributed by atoms with E-state index in [-0.39, 0.29) is 0 Å². The van der Waals surface area contributed by atoms with Crippen LogP contribution in [0.3, 0.4) is 0 Å². The van der Waals surface area contributed by atoms with Gasteiger partial charge < -0.3 is 4.90 Å². The molecule has 0 bridgehead atoms. The van der Waals surface area contributed by atoms with Gasteiger partial charge in [0.25, 0.3) is 0 Å². The largest absolute Gasteiger partial charge is 0.309 e. The van der Waals surface area contributed by atoms with E-state index in [0.29, 0.717) is 5.88 Å². The predicted molar refractivity (Wildman–Crippen MR) is 116 cm³/mol. The maximum Gasteiger partial charge on any atom is 0.0474 e. The number of rotatable bonds is 14. The molecule has 0 N–H and O–H groups in total. The van der Waals surface area contributed by atoms with Crippen molar-refractivity contribution < 1.29 is 0 Å². The molecule has 0 radical (unpaired) electrons. The van der Waals surface area contributed by atoms with Crippen molar-refractivity contribution in [3.63, 3.8) is 0 Å². The maximum absolute atomic E-state index is 5.53. The van der Waals surface area contributed by atoms with E-state index < -0.39 is 0 Å². The number of halogens is 1. The second-order valence-corrected chi connectivity index (χ2v) is 7.58. The van der Waals surface area contributed by atoms with Crippen LogP contribution in [0.25, 0.3) is 0 Å².